The highest BCUT2D eigenvalue weighted by Crippen LogP contribution is 2.62. The first-order valence-electron chi connectivity index (χ1n) is 6.70. The van der Waals surface area contributed by atoms with Crippen LogP contribution in [-0.4, -0.2) is 7.11 Å². The van der Waals surface area contributed by atoms with Crippen molar-refractivity contribution < 1.29 is 9.13 Å². The smallest absolute Gasteiger partial charge is 0.131 e. The number of alkyl halides is 1. The lowest BCUT2D eigenvalue weighted by Gasteiger charge is -2.12. The molecule has 0 heterocycles. The van der Waals surface area contributed by atoms with E-state index < -0.39 is 0 Å². The number of rotatable bonds is 3. The minimum atomic E-state index is -0.153. The molecule has 0 aromatic heterocycles. The Morgan fingerprint density at radius 1 is 1.28 bits per heavy atom. The average molecular weight is 313 g/mol. The van der Waals surface area contributed by atoms with Gasteiger partial charge < -0.3 is 4.74 Å². The van der Waals surface area contributed by atoms with Crippen molar-refractivity contribution in [1.82, 2.24) is 0 Å². The Morgan fingerprint density at radius 2 is 1.94 bits per heavy atom. The number of benzene rings is 1. The predicted molar refractivity (Wildman–Crippen MR) is 73.6 cm³/mol. The van der Waals surface area contributed by atoms with Gasteiger partial charge in [0.2, 0.25) is 0 Å². The molecule has 3 heteroatoms. The minimum absolute atomic E-state index is 0.153. The highest BCUT2D eigenvalue weighted by molar-refractivity contribution is 9.09. The molecule has 0 bridgehead atoms. The summed E-state index contributed by atoms with van der Waals surface area (Å²) < 4.78 is 19.1. The molecule has 18 heavy (non-hydrogen) atoms. The van der Waals surface area contributed by atoms with E-state index in [4.69, 9.17) is 4.74 Å². The van der Waals surface area contributed by atoms with Gasteiger partial charge in [0.25, 0.3) is 0 Å². The van der Waals surface area contributed by atoms with Gasteiger partial charge in [-0.25, -0.2) is 4.39 Å². The molecule has 2 aliphatic carbocycles. The van der Waals surface area contributed by atoms with Gasteiger partial charge >= 0.3 is 0 Å². The summed E-state index contributed by atoms with van der Waals surface area (Å²) >= 11 is 3.72. The van der Waals surface area contributed by atoms with E-state index in [-0.39, 0.29) is 10.6 Å². The number of hydrogen-bond donors (Lipinski definition) is 0. The van der Waals surface area contributed by atoms with Crippen molar-refractivity contribution in [3.05, 3.63) is 29.6 Å². The molecule has 0 saturated heterocycles. The summed E-state index contributed by atoms with van der Waals surface area (Å²) in [7, 11) is 1.56. The van der Waals surface area contributed by atoms with E-state index in [9.17, 15) is 4.39 Å². The lowest BCUT2D eigenvalue weighted by Crippen LogP contribution is -1.99. The molecule has 3 atom stereocenters. The SMILES string of the molecule is COc1ccc(C(Br)C2C3CCCCC32)c(F)c1. The highest BCUT2D eigenvalue weighted by atomic mass is 79.9. The standard InChI is InChI=1S/C15H18BrFO/c1-18-9-6-7-12(13(17)8-9)15(16)14-10-4-2-3-5-11(10)14/h6-8,10-11,14-15H,2-5H2,1H3. The summed E-state index contributed by atoms with van der Waals surface area (Å²) in [6.07, 6.45) is 5.36. The highest BCUT2D eigenvalue weighted by Gasteiger charge is 2.54. The van der Waals surface area contributed by atoms with Crippen LogP contribution in [0.1, 0.15) is 36.1 Å². The Balaban J connectivity index is 1.78. The second-order valence-corrected chi connectivity index (χ2v) is 6.47. The van der Waals surface area contributed by atoms with Crippen molar-refractivity contribution in [2.24, 2.45) is 17.8 Å². The van der Waals surface area contributed by atoms with Crippen molar-refractivity contribution in [3.8, 4) is 5.75 Å². The van der Waals surface area contributed by atoms with Crippen LogP contribution in [0.5, 0.6) is 5.75 Å². The molecule has 0 N–H and O–H groups in total. The third-order valence-corrected chi connectivity index (χ3v) is 5.67. The topological polar surface area (TPSA) is 9.23 Å². The fraction of sp³-hybridized carbons (Fsp3) is 0.600. The molecule has 2 fully saturated rings. The van der Waals surface area contributed by atoms with Crippen LogP contribution in [0.25, 0.3) is 0 Å². The van der Waals surface area contributed by atoms with Gasteiger partial charge in [0, 0.05) is 16.5 Å². The van der Waals surface area contributed by atoms with Crippen LogP contribution in [-0.2, 0) is 0 Å². The molecular formula is C15H18BrFO. The fourth-order valence-electron chi connectivity index (χ4n) is 3.55. The van der Waals surface area contributed by atoms with Crippen molar-refractivity contribution in [1.29, 1.82) is 0 Å². The summed E-state index contributed by atoms with van der Waals surface area (Å²) in [6.45, 7) is 0. The Morgan fingerprint density at radius 3 is 2.50 bits per heavy atom. The molecule has 98 valence electrons. The first-order valence-corrected chi connectivity index (χ1v) is 7.61. The lowest BCUT2D eigenvalue weighted by atomic mass is 10.0. The largest absolute Gasteiger partial charge is 0.497 e. The molecule has 0 spiro atoms. The van der Waals surface area contributed by atoms with E-state index in [1.807, 2.05) is 12.1 Å². The Kier molecular flexibility index (Phi) is 3.35. The lowest BCUT2D eigenvalue weighted by molar-refractivity contribution is 0.410. The molecule has 0 amide bonds. The fourth-order valence-corrected chi connectivity index (χ4v) is 4.70. The molecule has 3 unspecified atom stereocenters. The normalized spacial score (nSPS) is 31.6. The quantitative estimate of drug-likeness (QED) is 0.735. The van der Waals surface area contributed by atoms with Gasteiger partial charge in [-0.05, 0) is 36.7 Å². The number of fused-ring (bicyclic) bond motifs is 1. The van der Waals surface area contributed by atoms with Gasteiger partial charge in [-0.1, -0.05) is 34.8 Å². The van der Waals surface area contributed by atoms with Crippen molar-refractivity contribution in [2.75, 3.05) is 7.11 Å². The van der Waals surface area contributed by atoms with Crippen LogP contribution in [0.4, 0.5) is 4.39 Å². The van der Waals surface area contributed by atoms with Gasteiger partial charge in [-0.2, -0.15) is 0 Å². The Bertz CT molecular complexity index is 436. The monoisotopic (exact) mass is 312 g/mol. The summed E-state index contributed by atoms with van der Waals surface area (Å²) in [4.78, 5) is 0.163. The van der Waals surface area contributed by atoms with Gasteiger partial charge in [0.1, 0.15) is 11.6 Å². The van der Waals surface area contributed by atoms with Gasteiger partial charge in [-0.15, -0.1) is 0 Å². The average Bonchev–Trinajstić information content (AvgIpc) is 3.12. The Labute approximate surface area is 116 Å². The zero-order valence-corrected chi connectivity index (χ0v) is 12.1. The first-order chi connectivity index (χ1) is 8.72. The third-order valence-electron chi connectivity index (χ3n) is 4.57. The van der Waals surface area contributed by atoms with E-state index in [0.29, 0.717) is 11.7 Å². The third kappa shape index (κ3) is 2.07. The molecule has 0 aliphatic heterocycles. The zero-order chi connectivity index (χ0) is 12.7. The second-order valence-electron chi connectivity index (χ2n) is 5.48. The Hall–Kier alpha value is -0.570. The maximum Gasteiger partial charge on any atom is 0.131 e. The maximum atomic E-state index is 14.0. The molecule has 3 rings (SSSR count). The summed E-state index contributed by atoms with van der Waals surface area (Å²) in [5, 5.41) is 0. The van der Waals surface area contributed by atoms with Gasteiger partial charge in [-0.3, -0.25) is 0 Å². The van der Waals surface area contributed by atoms with Crippen LogP contribution < -0.4 is 4.74 Å². The molecule has 0 radical (unpaired) electrons. The van der Waals surface area contributed by atoms with E-state index in [0.717, 1.165) is 17.4 Å². The molecule has 2 aliphatic rings. The number of ether oxygens (including phenoxy) is 1. The molecule has 1 aromatic rings. The summed E-state index contributed by atoms with van der Waals surface area (Å²) in [5.74, 6) is 2.72. The number of halogens is 2. The van der Waals surface area contributed by atoms with Gasteiger partial charge in [0.05, 0.1) is 7.11 Å². The molecule has 2 saturated carbocycles. The molecular weight excluding hydrogens is 295 g/mol. The number of hydrogen-bond acceptors (Lipinski definition) is 1. The van der Waals surface area contributed by atoms with Gasteiger partial charge in [0.15, 0.2) is 0 Å². The van der Waals surface area contributed by atoms with Crippen LogP contribution in [0.2, 0.25) is 0 Å². The van der Waals surface area contributed by atoms with E-state index >= 15 is 0 Å². The van der Waals surface area contributed by atoms with Crippen LogP contribution in [0.15, 0.2) is 18.2 Å². The van der Waals surface area contributed by atoms with E-state index in [2.05, 4.69) is 15.9 Å². The first kappa shape index (κ1) is 12.5. The number of methoxy groups -OCH3 is 1. The van der Waals surface area contributed by atoms with Crippen LogP contribution in [0, 0.1) is 23.6 Å². The van der Waals surface area contributed by atoms with Crippen molar-refractivity contribution in [2.45, 2.75) is 30.5 Å². The van der Waals surface area contributed by atoms with Crippen LogP contribution >= 0.6 is 15.9 Å². The molecule has 1 aromatic carbocycles. The van der Waals surface area contributed by atoms with Crippen molar-refractivity contribution >= 4 is 15.9 Å². The van der Waals surface area contributed by atoms with Crippen molar-refractivity contribution in [3.63, 3.8) is 0 Å². The summed E-state index contributed by atoms with van der Waals surface area (Å²) in [5.41, 5.74) is 0.787. The summed E-state index contributed by atoms with van der Waals surface area (Å²) in [6, 6.07) is 5.19. The molecule has 1 nitrogen and oxygen atoms in total. The van der Waals surface area contributed by atoms with Crippen LogP contribution in [0.3, 0.4) is 0 Å². The van der Waals surface area contributed by atoms with E-state index in [1.54, 1.807) is 7.11 Å². The maximum absolute atomic E-state index is 14.0. The minimum Gasteiger partial charge on any atom is -0.497 e. The zero-order valence-electron chi connectivity index (χ0n) is 10.5. The van der Waals surface area contributed by atoms with E-state index in [1.165, 1.54) is 31.7 Å². The second kappa shape index (κ2) is 4.84. The predicted octanol–water partition coefficient (Wildman–Crippen LogP) is 4.71.